The molecular formula is C12H18N4O. The van der Waals surface area contributed by atoms with Gasteiger partial charge in [0.25, 0.3) is 0 Å². The monoisotopic (exact) mass is 234 g/mol. The summed E-state index contributed by atoms with van der Waals surface area (Å²) >= 11 is 0. The number of oxime groups is 1. The normalized spacial score (nSPS) is 19.4. The Labute approximate surface area is 101 Å². The molecule has 1 aromatic heterocycles. The minimum atomic E-state index is 0.230. The van der Waals surface area contributed by atoms with Crippen molar-refractivity contribution in [2.24, 2.45) is 16.8 Å². The molecule has 1 aliphatic rings. The Morgan fingerprint density at radius 1 is 1.41 bits per heavy atom. The molecule has 0 radical (unpaired) electrons. The van der Waals surface area contributed by atoms with Crippen LogP contribution in [0.25, 0.3) is 0 Å². The van der Waals surface area contributed by atoms with Crippen molar-refractivity contribution in [2.45, 2.75) is 19.4 Å². The summed E-state index contributed by atoms with van der Waals surface area (Å²) in [6.07, 6.45) is 5.55. The van der Waals surface area contributed by atoms with E-state index in [4.69, 9.17) is 10.9 Å². The van der Waals surface area contributed by atoms with Gasteiger partial charge in [-0.1, -0.05) is 5.16 Å². The average molecular weight is 234 g/mol. The Kier molecular flexibility index (Phi) is 3.93. The molecule has 5 heteroatoms. The number of nitrogens with two attached hydrogens (primary N) is 1. The van der Waals surface area contributed by atoms with Crippen molar-refractivity contribution in [2.75, 3.05) is 13.1 Å². The van der Waals surface area contributed by atoms with Crippen LogP contribution in [0.1, 0.15) is 18.4 Å². The highest BCUT2D eigenvalue weighted by Crippen LogP contribution is 2.18. The molecule has 0 saturated carbocycles. The molecule has 0 bridgehead atoms. The fraction of sp³-hybridized carbons (Fsp3) is 0.500. The number of hydrogen-bond donors (Lipinski definition) is 2. The fourth-order valence-corrected chi connectivity index (χ4v) is 2.21. The van der Waals surface area contributed by atoms with Crippen LogP contribution in [-0.4, -0.2) is 34.0 Å². The van der Waals surface area contributed by atoms with E-state index in [1.165, 1.54) is 5.56 Å². The summed E-state index contributed by atoms with van der Waals surface area (Å²) in [6, 6.07) is 4.07. The Balaban J connectivity index is 1.84. The van der Waals surface area contributed by atoms with Crippen molar-refractivity contribution in [3.8, 4) is 0 Å². The first-order valence-corrected chi connectivity index (χ1v) is 5.88. The van der Waals surface area contributed by atoms with Crippen molar-refractivity contribution < 1.29 is 5.21 Å². The molecule has 1 saturated heterocycles. The van der Waals surface area contributed by atoms with Gasteiger partial charge in [-0.2, -0.15) is 0 Å². The molecule has 1 aliphatic heterocycles. The summed E-state index contributed by atoms with van der Waals surface area (Å²) < 4.78 is 0. The van der Waals surface area contributed by atoms with Crippen molar-refractivity contribution in [3.63, 3.8) is 0 Å². The molecule has 1 fully saturated rings. The number of pyridine rings is 1. The number of aromatic nitrogens is 1. The molecule has 5 nitrogen and oxygen atoms in total. The van der Waals surface area contributed by atoms with Crippen LogP contribution in [0.5, 0.6) is 0 Å². The van der Waals surface area contributed by atoms with Crippen LogP contribution in [-0.2, 0) is 6.54 Å². The second kappa shape index (κ2) is 5.63. The minimum Gasteiger partial charge on any atom is -0.409 e. The summed E-state index contributed by atoms with van der Waals surface area (Å²) in [4.78, 5) is 6.39. The topological polar surface area (TPSA) is 74.7 Å². The van der Waals surface area contributed by atoms with Gasteiger partial charge in [0.05, 0.1) is 0 Å². The highest BCUT2D eigenvalue weighted by Gasteiger charge is 2.22. The number of nitrogens with zero attached hydrogens (tertiary/aromatic N) is 3. The van der Waals surface area contributed by atoms with Gasteiger partial charge in [0, 0.05) is 24.9 Å². The van der Waals surface area contributed by atoms with Gasteiger partial charge < -0.3 is 10.9 Å². The lowest BCUT2D eigenvalue weighted by Crippen LogP contribution is -2.38. The van der Waals surface area contributed by atoms with Crippen LogP contribution >= 0.6 is 0 Å². The molecule has 2 rings (SSSR count). The van der Waals surface area contributed by atoms with Crippen LogP contribution in [0, 0.1) is 5.92 Å². The van der Waals surface area contributed by atoms with Crippen LogP contribution in [0.4, 0.5) is 0 Å². The first-order valence-electron chi connectivity index (χ1n) is 5.88. The summed E-state index contributed by atoms with van der Waals surface area (Å²) in [5, 5.41) is 11.7. The molecule has 17 heavy (non-hydrogen) atoms. The Bertz CT molecular complexity index is 371. The van der Waals surface area contributed by atoms with E-state index in [0.29, 0.717) is 5.84 Å². The van der Waals surface area contributed by atoms with E-state index in [1.54, 1.807) is 0 Å². The van der Waals surface area contributed by atoms with Gasteiger partial charge in [-0.25, -0.2) is 0 Å². The Morgan fingerprint density at radius 2 is 2.06 bits per heavy atom. The van der Waals surface area contributed by atoms with E-state index in [0.717, 1.165) is 32.5 Å². The average Bonchev–Trinajstić information content (AvgIpc) is 2.40. The lowest BCUT2D eigenvalue weighted by Gasteiger charge is -2.31. The molecule has 0 amide bonds. The van der Waals surface area contributed by atoms with Gasteiger partial charge >= 0.3 is 0 Å². The number of likely N-dealkylation sites (tertiary alicyclic amines) is 1. The zero-order valence-corrected chi connectivity index (χ0v) is 9.79. The fourth-order valence-electron chi connectivity index (χ4n) is 2.21. The molecule has 0 unspecified atom stereocenters. The second-order valence-electron chi connectivity index (χ2n) is 4.43. The summed E-state index contributed by atoms with van der Waals surface area (Å²) in [5.41, 5.74) is 6.90. The van der Waals surface area contributed by atoms with Crippen LogP contribution in [0.3, 0.4) is 0 Å². The standard InChI is InChI=1S/C12H18N4O/c13-12(15-17)11-3-7-16(8-4-11)9-10-1-5-14-6-2-10/h1-2,5-6,11,17H,3-4,7-9H2,(H2,13,15). The number of piperidine rings is 1. The maximum Gasteiger partial charge on any atom is 0.142 e. The van der Waals surface area contributed by atoms with Gasteiger partial charge in [0.2, 0.25) is 0 Å². The second-order valence-corrected chi connectivity index (χ2v) is 4.43. The molecule has 1 aromatic rings. The van der Waals surface area contributed by atoms with E-state index in [-0.39, 0.29) is 5.92 Å². The molecule has 2 heterocycles. The largest absolute Gasteiger partial charge is 0.409 e. The van der Waals surface area contributed by atoms with Crippen LogP contribution in [0.15, 0.2) is 29.7 Å². The van der Waals surface area contributed by atoms with Gasteiger partial charge in [0.1, 0.15) is 5.84 Å². The maximum absolute atomic E-state index is 8.63. The Hall–Kier alpha value is -1.62. The van der Waals surface area contributed by atoms with Gasteiger partial charge in [-0.15, -0.1) is 0 Å². The SMILES string of the molecule is NC(=NO)C1CCN(Cc2ccncc2)CC1. The zero-order valence-electron chi connectivity index (χ0n) is 9.79. The van der Waals surface area contributed by atoms with E-state index >= 15 is 0 Å². The minimum absolute atomic E-state index is 0.230. The molecule has 0 atom stereocenters. The third kappa shape index (κ3) is 3.17. The molecule has 92 valence electrons. The first kappa shape index (κ1) is 11.9. The first-order chi connectivity index (χ1) is 8.29. The van der Waals surface area contributed by atoms with Crippen LogP contribution < -0.4 is 5.73 Å². The van der Waals surface area contributed by atoms with Crippen molar-refractivity contribution in [1.82, 2.24) is 9.88 Å². The molecular weight excluding hydrogens is 216 g/mol. The van der Waals surface area contributed by atoms with Gasteiger partial charge in [-0.3, -0.25) is 9.88 Å². The third-order valence-electron chi connectivity index (χ3n) is 3.28. The lowest BCUT2D eigenvalue weighted by atomic mass is 9.95. The van der Waals surface area contributed by atoms with Crippen molar-refractivity contribution >= 4 is 5.84 Å². The Morgan fingerprint density at radius 3 is 2.65 bits per heavy atom. The summed E-state index contributed by atoms with van der Waals surface area (Å²) in [6.45, 7) is 2.93. The highest BCUT2D eigenvalue weighted by atomic mass is 16.4. The smallest absolute Gasteiger partial charge is 0.142 e. The van der Waals surface area contributed by atoms with E-state index in [2.05, 4.69) is 15.0 Å². The highest BCUT2D eigenvalue weighted by molar-refractivity contribution is 5.82. The predicted molar refractivity (Wildman–Crippen MR) is 65.6 cm³/mol. The van der Waals surface area contributed by atoms with Gasteiger partial charge in [0.15, 0.2) is 0 Å². The molecule has 3 N–H and O–H groups in total. The predicted octanol–water partition coefficient (Wildman–Crippen LogP) is 1.04. The van der Waals surface area contributed by atoms with Crippen molar-refractivity contribution in [3.05, 3.63) is 30.1 Å². The maximum atomic E-state index is 8.63. The zero-order chi connectivity index (χ0) is 12.1. The van der Waals surface area contributed by atoms with Gasteiger partial charge in [-0.05, 0) is 43.6 Å². The lowest BCUT2D eigenvalue weighted by molar-refractivity contribution is 0.198. The third-order valence-corrected chi connectivity index (χ3v) is 3.28. The van der Waals surface area contributed by atoms with E-state index in [1.807, 2.05) is 24.5 Å². The molecule has 0 aliphatic carbocycles. The number of amidine groups is 1. The summed E-state index contributed by atoms with van der Waals surface area (Å²) in [5.74, 6) is 0.599. The molecule has 0 spiro atoms. The quantitative estimate of drug-likeness (QED) is 0.355. The summed E-state index contributed by atoms with van der Waals surface area (Å²) in [7, 11) is 0. The number of hydrogen-bond acceptors (Lipinski definition) is 4. The van der Waals surface area contributed by atoms with E-state index in [9.17, 15) is 0 Å². The van der Waals surface area contributed by atoms with Crippen LogP contribution in [0.2, 0.25) is 0 Å². The number of rotatable bonds is 3. The van der Waals surface area contributed by atoms with Crippen molar-refractivity contribution in [1.29, 1.82) is 0 Å². The molecule has 0 aromatic carbocycles. The van der Waals surface area contributed by atoms with E-state index < -0.39 is 0 Å².